The molecule has 4 fully saturated rings. The third-order valence-electron chi connectivity index (χ3n) is 10.2. The number of nitrogens with one attached hydrogen (secondary N) is 1. The first-order valence-electron chi connectivity index (χ1n) is 15.6. The number of nitrogens with two attached hydrogens (primary N) is 1. The van der Waals surface area contributed by atoms with Crippen LogP contribution in [0.5, 0.6) is 6.01 Å². The van der Waals surface area contributed by atoms with Gasteiger partial charge in [-0.1, -0.05) is 12.0 Å². The number of piperazine rings is 1. The Balaban J connectivity index is 1.29. The van der Waals surface area contributed by atoms with Crippen LogP contribution in [0.15, 0.2) is 24.3 Å². The first-order valence-corrected chi connectivity index (χ1v) is 15.6. The van der Waals surface area contributed by atoms with Gasteiger partial charge in [-0.25, -0.2) is 22.0 Å². The molecule has 8 rings (SSSR count). The maximum absolute atomic E-state index is 16.8. The lowest BCUT2D eigenvalue weighted by molar-refractivity contribution is 0.107. The van der Waals surface area contributed by atoms with Crippen molar-refractivity contribution in [3.63, 3.8) is 0 Å². The number of terminal acetylenes is 1. The van der Waals surface area contributed by atoms with Gasteiger partial charge in [0.15, 0.2) is 23.3 Å². The van der Waals surface area contributed by atoms with E-state index in [1.807, 2.05) is 0 Å². The van der Waals surface area contributed by atoms with Gasteiger partial charge in [-0.2, -0.15) is 9.97 Å². The van der Waals surface area contributed by atoms with Crippen molar-refractivity contribution in [3.8, 4) is 29.5 Å². The Morgan fingerprint density at radius 2 is 1.76 bits per heavy atom. The van der Waals surface area contributed by atoms with E-state index in [2.05, 4.69) is 26.0 Å². The van der Waals surface area contributed by atoms with Crippen LogP contribution in [0.3, 0.4) is 0 Å². The van der Waals surface area contributed by atoms with E-state index in [0.717, 1.165) is 38.3 Å². The van der Waals surface area contributed by atoms with Gasteiger partial charge in [0.2, 0.25) is 0 Å². The molecule has 7 nitrogen and oxygen atoms in total. The van der Waals surface area contributed by atoms with Gasteiger partial charge < -0.3 is 20.7 Å². The number of alkyl halides is 1. The molecule has 0 saturated carbocycles. The highest BCUT2D eigenvalue weighted by atomic mass is 19.2. The van der Waals surface area contributed by atoms with E-state index in [9.17, 15) is 13.2 Å². The summed E-state index contributed by atoms with van der Waals surface area (Å²) in [6.07, 6.45) is 8.69. The summed E-state index contributed by atoms with van der Waals surface area (Å²) in [6, 6.07) is 6.07. The van der Waals surface area contributed by atoms with Crippen molar-refractivity contribution in [3.05, 3.63) is 53.1 Å². The van der Waals surface area contributed by atoms with E-state index in [0.29, 0.717) is 37.3 Å². The maximum Gasteiger partial charge on any atom is 0.319 e. The van der Waals surface area contributed by atoms with Crippen LogP contribution in [0.25, 0.3) is 32.8 Å². The number of ether oxygens (including phenoxy) is 1. The fourth-order valence-electron chi connectivity index (χ4n) is 8.15. The standard InChI is InChI=1S/C34H31F5N6O/c1-2-21-26-24(10-18(40)11-25(26)28(37)30(39)27(21)36)22-6-7-23-31(29(22)38)42-33(43-32(23)44-14-19-4-5-20(15-44)41-19)46-16-34-8-3-9-45(34)13-17(35)12-34/h1,6-7,10-11,17,19-20,41H,3-5,8-9,12-16,40H2. The predicted molar refractivity (Wildman–Crippen MR) is 165 cm³/mol. The third-order valence-corrected chi connectivity index (χ3v) is 10.2. The van der Waals surface area contributed by atoms with Crippen LogP contribution >= 0.6 is 0 Å². The zero-order chi connectivity index (χ0) is 31.9. The Morgan fingerprint density at radius 3 is 2.52 bits per heavy atom. The van der Waals surface area contributed by atoms with Crippen LogP contribution in [0.1, 0.15) is 37.7 Å². The van der Waals surface area contributed by atoms with Gasteiger partial charge in [0, 0.05) is 65.5 Å². The lowest BCUT2D eigenvalue weighted by atomic mass is 9.92. The Bertz CT molecular complexity index is 1950. The zero-order valence-corrected chi connectivity index (χ0v) is 24.9. The van der Waals surface area contributed by atoms with Gasteiger partial charge in [-0.05, 0) is 56.0 Å². The molecule has 4 atom stereocenters. The molecular weight excluding hydrogens is 603 g/mol. The summed E-state index contributed by atoms with van der Waals surface area (Å²) in [5, 5.41) is 3.46. The van der Waals surface area contributed by atoms with E-state index in [1.54, 1.807) is 6.07 Å². The van der Waals surface area contributed by atoms with Crippen molar-refractivity contribution in [2.75, 3.05) is 43.4 Å². The maximum atomic E-state index is 16.8. The Kier molecular flexibility index (Phi) is 6.78. The van der Waals surface area contributed by atoms with Crippen molar-refractivity contribution in [2.45, 2.75) is 55.9 Å². The molecule has 0 aliphatic carbocycles. The summed E-state index contributed by atoms with van der Waals surface area (Å²) in [4.78, 5) is 13.5. The number of nitrogen functional groups attached to an aromatic ring is 1. The van der Waals surface area contributed by atoms with Gasteiger partial charge in [-0.15, -0.1) is 6.42 Å². The Labute approximate surface area is 261 Å². The van der Waals surface area contributed by atoms with Crippen molar-refractivity contribution in [1.82, 2.24) is 20.2 Å². The number of halogens is 5. The number of benzene rings is 3. The highest BCUT2D eigenvalue weighted by molar-refractivity contribution is 6.05. The van der Waals surface area contributed by atoms with Gasteiger partial charge in [0.05, 0.1) is 11.1 Å². The Hall–Kier alpha value is -4.21. The zero-order valence-electron chi connectivity index (χ0n) is 24.9. The fraction of sp³-hybridized carbons (Fsp3) is 0.412. The van der Waals surface area contributed by atoms with E-state index in [1.165, 1.54) is 12.1 Å². The molecule has 2 bridgehead atoms. The Morgan fingerprint density at radius 1 is 0.978 bits per heavy atom. The highest BCUT2D eigenvalue weighted by Crippen LogP contribution is 2.43. The molecule has 12 heteroatoms. The second kappa shape index (κ2) is 10.7. The van der Waals surface area contributed by atoms with E-state index in [4.69, 9.17) is 21.9 Å². The van der Waals surface area contributed by atoms with Crippen LogP contribution in [0.2, 0.25) is 0 Å². The second-order valence-corrected chi connectivity index (χ2v) is 13.0. The van der Waals surface area contributed by atoms with Crippen molar-refractivity contribution in [1.29, 1.82) is 0 Å². The van der Waals surface area contributed by atoms with E-state index >= 15 is 8.78 Å². The lowest BCUT2D eigenvalue weighted by Gasteiger charge is -2.34. The quantitative estimate of drug-likeness (QED) is 0.131. The van der Waals surface area contributed by atoms with E-state index < -0.39 is 40.5 Å². The number of hydrogen-bond acceptors (Lipinski definition) is 7. The average Bonchev–Trinajstić information content (AvgIpc) is 3.69. The van der Waals surface area contributed by atoms with Gasteiger partial charge in [0.1, 0.15) is 24.1 Å². The molecule has 4 aliphatic heterocycles. The smallest absolute Gasteiger partial charge is 0.319 e. The summed E-state index contributed by atoms with van der Waals surface area (Å²) in [7, 11) is 0. The summed E-state index contributed by atoms with van der Waals surface area (Å²) < 4.78 is 81.8. The van der Waals surface area contributed by atoms with Crippen molar-refractivity contribution >= 4 is 33.2 Å². The number of anilines is 2. The van der Waals surface area contributed by atoms with E-state index in [-0.39, 0.29) is 57.8 Å². The third kappa shape index (κ3) is 4.47. The largest absolute Gasteiger partial charge is 0.461 e. The van der Waals surface area contributed by atoms with Crippen LogP contribution in [-0.4, -0.2) is 71.4 Å². The van der Waals surface area contributed by atoms with Crippen LogP contribution in [-0.2, 0) is 0 Å². The molecule has 4 aromatic rings. The van der Waals surface area contributed by atoms with Gasteiger partial charge in [-0.3, -0.25) is 4.90 Å². The molecule has 0 amide bonds. The van der Waals surface area contributed by atoms with Gasteiger partial charge >= 0.3 is 6.01 Å². The minimum Gasteiger partial charge on any atom is -0.461 e. The predicted octanol–water partition coefficient (Wildman–Crippen LogP) is 5.47. The highest BCUT2D eigenvalue weighted by Gasteiger charge is 2.49. The molecule has 238 valence electrons. The van der Waals surface area contributed by atoms with Crippen molar-refractivity contribution < 1.29 is 26.7 Å². The van der Waals surface area contributed by atoms with Gasteiger partial charge in [0.25, 0.3) is 0 Å². The molecular formula is C34H31F5N6O. The number of nitrogens with zero attached hydrogens (tertiary/aromatic N) is 4. The van der Waals surface area contributed by atoms with Crippen LogP contribution < -0.4 is 20.7 Å². The summed E-state index contributed by atoms with van der Waals surface area (Å²) in [5.41, 5.74) is 4.88. The number of rotatable bonds is 5. The molecule has 4 aliphatic rings. The summed E-state index contributed by atoms with van der Waals surface area (Å²) in [6.45, 7) is 2.61. The van der Waals surface area contributed by atoms with Crippen LogP contribution in [0.4, 0.5) is 33.5 Å². The molecule has 5 heterocycles. The van der Waals surface area contributed by atoms with Crippen LogP contribution in [0, 0.1) is 35.6 Å². The minimum atomic E-state index is -1.73. The normalized spacial score (nSPS) is 25.8. The summed E-state index contributed by atoms with van der Waals surface area (Å²) in [5.74, 6) is -2.97. The number of fused-ring (bicyclic) bond motifs is 5. The molecule has 3 aromatic carbocycles. The fourth-order valence-corrected chi connectivity index (χ4v) is 8.15. The second-order valence-electron chi connectivity index (χ2n) is 13.0. The lowest BCUT2D eigenvalue weighted by Crippen LogP contribution is -2.51. The molecule has 46 heavy (non-hydrogen) atoms. The average molecular weight is 635 g/mol. The monoisotopic (exact) mass is 634 g/mol. The summed E-state index contributed by atoms with van der Waals surface area (Å²) >= 11 is 0. The number of hydrogen-bond donors (Lipinski definition) is 2. The molecule has 0 radical (unpaired) electrons. The first-order chi connectivity index (χ1) is 22.2. The number of aromatic nitrogens is 2. The molecule has 3 N–H and O–H groups in total. The first kappa shape index (κ1) is 29.2. The van der Waals surface area contributed by atoms with Crippen molar-refractivity contribution in [2.24, 2.45) is 0 Å². The topological polar surface area (TPSA) is 79.5 Å². The molecule has 0 spiro atoms. The molecule has 1 aromatic heterocycles. The molecule has 4 saturated heterocycles. The molecule has 4 unspecified atom stereocenters. The minimum absolute atomic E-state index is 0.00155. The SMILES string of the molecule is C#Cc1c(F)c(F)c(F)c2cc(N)cc(-c3ccc4c(N5CC6CCC(C5)N6)nc(OCC56CCCN5CC(F)C6)nc4c3F)c12.